The van der Waals surface area contributed by atoms with Gasteiger partial charge in [-0.2, -0.15) is 0 Å². The smallest absolute Gasteiger partial charge is 0.229 e. The standard InChI is InChI=1S/C23H21N3O3/c27-21-12-17(14-26(21)19-4-2-1-3-5-19)22(28)25-18-10-8-15(9-11-18)20-13-24-23(29-20)16-6-7-16/h1-5,8-11,13,16-17H,6-7,12,14H2,(H,25,28)/t17-/m0/s1. The van der Waals surface area contributed by atoms with Gasteiger partial charge in [0.15, 0.2) is 11.7 Å². The summed E-state index contributed by atoms with van der Waals surface area (Å²) in [5, 5.41) is 2.92. The minimum atomic E-state index is -0.363. The first-order chi connectivity index (χ1) is 14.2. The van der Waals surface area contributed by atoms with Crippen LogP contribution in [0, 0.1) is 5.92 Å². The highest BCUT2D eigenvalue weighted by Gasteiger charge is 2.35. The molecule has 6 nitrogen and oxygen atoms in total. The van der Waals surface area contributed by atoms with Crippen LogP contribution in [0.15, 0.2) is 65.2 Å². The van der Waals surface area contributed by atoms with Gasteiger partial charge in [-0.1, -0.05) is 18.2 Å². The van der Waals surface area contributed by atoms with Crippen molar-refractivity contribution >= 4 is 23.2 Å². The number of carbonyl (C=O) groups is 2. The maximum absolute atomic E-state index is 12.7. The Hall–Kier alpha value is -3.41. The summed E-state index contributed by atoms with van der Waals surface area (Å²) in [7, 11) is 0. The molecule has 0 bridgehead atoms. The van der Waals surface area contributed by atoms with Crippen LogP contribution in [0.5, 0.6) is 0 Å². The van der Waals surface area contributed by atoms with Crippen LogP contribution in [-0.4, -0.2) is 23.3 Å². The second-order valence-corrected chi connectivity index (χ2v) is 7.64. The van der Waals surface area contributed by atoms with E-state index in [2.05, 4.69) is 10.3 Å². The lowest BCUT2D eigenvalue weighted by atomic mass is 10.1. The van der Waals surface area contributed by atoms with Gasteiger partial charge in [-0.3, -0.25) is 9.59 Å². The molecule has 3 aromatic rings. The number of oxazole rings is 1. The number of nitrogens with zero attached hydrogens (tertiary/aromatic N) is 2. The van der Waals surface area contributed by atoms with Gasteiger partial charge >= 0.3 is 0 Å². The molecule has 1 saturated heterocycles. The summed E-state index contributed by atoms with van der Waals surface area (Å²) in [6, 6.07) is 17.0. The molecule has 0 radical (unpaired) electrons. The second kappa shape index (κ2) is 7.20. The van der Waals surface area contributed by atoms with E-state index in [4.69, 9.17) is 4.42 Å². The predicted molar refractivity (Wildman–Crippen MR) is 109 cm³/mol. The SMILES string of the molecule is O=C(Nc1ccc(-c2cnc(C3CC3)o2)cc1)[C@H]1CC(=O)N(c2ccccc2)C1. The van der Waals surface area contributed by atoms with Crippen LogP contribution < -0.4 is 10.2 Å². The molecule has 1 aliphatic heterocycles. The zero-order chi connectivity index (χ0) is 19.8. The third-order valence-corrected chi connectivity index (χ3v) is 5.45. The van der Waals surface area contributed by atoms with Crippen molar-refractivity contribution in [2.45, 2.75) is 25.2 Å². The van der Waals surface area contributed by atoms with Crippen LogP contribution in [0.3, 0.4) is 0 Å². The first-order valence-electron chi connectivity index (χ1n) is 9.90. The Morgan fingerprint density at radius 2 is 1.83 bits per heavy atom. The zero-order valence-corrected chi connectivity index (χ0v) is 15.9. The van der Waals surface area contributed by atoms with E-state index in [-0.39, 0.29) is 24.2 Å². The van der Waals surface area contributed by atoms with Gasteiger partial charge in [0.05, 0.1) is 12.1 Å². The number of amides is 2. The third kappa shape index (κ3) is 3.66. The maximum Gasteiger partial charge on any atom is 0.229 e. The number of hydrogen-bond acceptors (Lipinski definition) is 4. The Morgan fingerprint density at radius 3 is 2.55 bits per heavy atom. The average molecular weight is 387 g/mol. The fourth-order valence-corrected chi connectivity index (χ4v) is 3.64. The molecule has 1 aliphatic carbocycles. The Morgan fingerprint density at radius 1 is 1.07 bits per heavy atom. The lowest BCUT2D eigenvalue weighted by Gasteiger charge is -2.16. The summed E-state index contributed by atoms with van der Waals surface area (Å²) in [6.07, 6.45) is 4.27. The summed E-state index contributed by atoms with van der Waals surface area (Å²) in [5.74, 6) is 1.50. The molecule has 1 aromatic heterocycles. The molecule has 1 saturated carbocycles. The minimum Gasteiger partial charge on any atom is -0.440 e. The number of anilines is 2. The summed E-state index contributed by atoms with van der Waals surface area (Å²) in [4.78, 5) is 31.0. The number of rotatable bonds is 5. The fourth-order valence-electron chi connectivity index (χ4n) is 3.64. The summed E-state index contributed by atoms with van der Waals surface area (Å²) >= 11 is 0. The molecule has 2 aromatic carbocycles. The highest BCUT2D eigenvalue weighted by atomic mass is 16.4. The van der Waals surface area contributed by atoms with Crippen LogP contribution in [0.2, 0.25) is 0 Å². The molecule has 146 valence electrons. The van der Waals surface area contributed by atoms with Gasteiger partial charge in [-0.25, -0.2) is 4.98 Å². The highest BCUT2D eigenvalue weighted by molar-refractivity contribution is 6.03. The molecular formula is C23H21N3O3. The van der Waals surface area contributed by atoms with Crippen molar-refractivity contribution in [2.24, 2.45) is 5.92 Å². The van der Waals surface area contributed by atoms with Crippen LogP contribution in [0.25, 0.3) is 11.3 Å². The molecule has 29 heavy (non-hydrogen) atoms. The second-order valence-electron chi connectivity index (χ2n) is 7.64. The monoisotopic (exact) mass is 387 g/mol. The molecule has 0 spiro atoms. The summed E-state index contributed by atoms with van der Waals surface area (Å²) < 4.78 is 5.82. The average Bonchev–Trinajstić information content (AvgIpc) is 3.34. The first-order valence-corrected chi connectivity index (χ1v) is 9.90. The van der Waals surface area contributed by atoms with Crippen LogP contribution in [0.4, 0.5) is 11.4 Å². The molecule has 2 heterocycles. The van der Waals surface area contributed by atoms with Gasteiger partial charge in [0.25, 0.3) is 0 Å². The molecule has 2 amide bonds. The minimum absolute atomic E-state index is 0.0246. The van der Waals surface area contributed by atoms with Crippen molar-refractivity contribution in [1.82, 2.24) is 4.98 Å². The van der Waals surface area contributed by atoms with Gasteiger partial charge in [0.1, 0.15) is 0 Å². The topological polar surface area (TPSA) is 75.4 Å². The molecule has 2 fully saturated rings. The van der Waals surface area contributed by atoms with Gasteiger partial charge in [0.2, 0.25) is 11.8 Å². The normalized spacial score (nSPS) is 18.8. The quantitative estimate of drug-likeness (QED) is 0.712. The third-order valence-electron chi connectivity index (χ3n) is 5.45. The van der Waals surface area contributed by atoms with E-state index in [0.29, 0.717) is 18.2 Å². The van der Waals surface area contributed by atoms with Gasteiger partial charge in [0, 0.05) is 35.8 Å². The predicted octanol–water partition coefficient (Wildman–Crippen LogP) is 4.21. The highest BCUT2D eigenvalue weighted by Crippen LogP contribution is 2.40. The van der Waals surface area contributed by atoms with E-state index < -0.39 is 0 Å². The Labute approximate surface area is 168 Å². The Bertz CT molecular complexity index is 1040. The lowest BCUT2D eigenvalue weighted by Crippen LogP contribution is -2.28. The Balaban J connectivity index is 1.23. The Kier molecular flexibility index (Phi) is 4.39. The molecule has 0 unspecified atom stereocenters. The lowest BCUT2D eigenvalue weighted by molar-refractivity contribution is -0.122. The maximum atomic E-state index is 12.7. The number of para-hydroxylation sites is 1. The number of carbonyl (C=O) groups excluding carboxylic acids is 2. The van der Waals surface area contributed by atoms with Crippen molar-refractivity contribution in [3.8, 4) is 11.3 Å². The first kappa shape index (κ1) is 17.7. The molecule has 1 N–H and O–H groups in total. The van der Waals surface area contributed by atoms with Gasteiger partial charge < -0.3 is 14.6 Å². The summed E-state index contributed by atoms with van der Waals surface area (Å²) in [5.41, 5.74) is 2.45. The van der Waals surface area contributed by atoms with E-state index in [1.54, 1.807) is 11.1 Å². The van der Waals surface area contributed by atoms with Crippen molar-refractivity contribution in [1.29, 1.82) is 0 Å². The van der Waals surface area contributed by atoms with E-state index in [0.717, 1.165) is 35.7 Å². The van der Waals surface area contributed by atoms with Crippen molar-refractivity contribution in [3.05, 3.63) is 66.7 Å². The molecule has 1 atom stereocenters. The van der Waals surface area contributed by atoms with Crippen molar-refractivity contribution in [3.63, 3.8) is 0 Å². The number of hydrogen-bond donors (Lipinski definition) is 1. The van der Waals surface area contributed by atoms with Gasteiger partial charge in [-0.05, 0) is 49.2 Å². The molecule has 6 heteroatoms. The molecular weight excluding hydrogens is 366 g/mol. The van der Waals surface area contributed by atoms with E-state index in [9.17, 15) is 9.59 Å². The number of benzene rings is 2. The fraction of sp³-hybridized carbons (Fsp3) is 0.261. The van der Waals surface area contributed by atoms with Crippen LogP contribution in [-0.2, 0) is 9.59 Å². The zero-order valence-electron chi connectivity index (χ0n) is 15.9. The van der Waals surface area contributed by atoms with Crippen LogP contribution in [0.1, 0.15) is 31.1 Å². The summed E-state index contributed by atoms with van der Waals surface area (Å²) in [6.45, 7) is 0.398. The van der Waals surface area contributed by atoms with Gasteiger partial charge in [-0.15, -0.1) is 0 Å². The van der Waals surface area contributed by atoms with Crippen molar-refractivity contribution < 1.29 is 14.0 Å². The molecule has 2 aliphatic rings. The molecule has 5 rings (SSSR count). The number of aromatic nitrogens is 1. The van der Waals surface area contributed by atoms with Crippen LogP contribution >= 0.6 is 0 Å². The van der Waals surface area contributed by atoms with E-state index >= 15 is 0 Å². The van der Waals surface area contributed by atoms with E-state index in [1.165, 1.54) is 0 Å². The number of nitrogens with one attached hydrogen (secondary N) is 1. The largest absolute Gasteiger partial charge is 0.440 e. The van der Waals surface area contributed by atoms with Crippen molar-refractivity contribution in [2.75, 3.05) is 16.8 Å². The van der Waals surface area contributed by atoms with E-state index in [1.807, 2.05) is 54.6 Å².